The van der Waals surface area contributed by atoms with E-state index in [-0.39, 0.29) is 11.7 Å². The molecule has 0 aliphatic rings. The summed E-state index contributed by atoms with van der Waals surface area (Å²) < 4.78 is 13.5. The molecule has 4 nitrogen and oxygen atoms in total. The molecule has 0 fully saturated rings. The molecule has 18 heavy (non-hydrogen) atoms. The molecule has 1 N–H and O–H groups in total. The van der Waals surface area contributed by atoms with Crippen molar-refractivity contribution in [1.29, 1.82) is 0 Å². The van der Waals surface area contributed by atoms with Crippen molar-refractivity contribution in [3.63, 3.8) is 0 Å². The van der Waals surface area contributed by atoms with Crippen LogP contribution in [0.2, 0.25) is 0 Å². The van der Waals surface area contributed by atoms with Crippen molar-refractivity contribution in [3.8, 4) is 0 Å². The van der Waals surface area contributed by atoms with Gasteiger partial charge in [0.1, 0.15) is 5.82 Å². The van der Waals surface area contributed by atoms with Crippen LogP contribution in [-0.4, -0.2) is 15.9 Å². The maximum Gasteiger partial charge on any atom is 0.232 e. The van der Waals surface area contributed by atoms with Crippen LogP contribution in [0.4, 0.5) is 10.2 Å². The van der Waals surface area contributed by atoms with E-state index in [2.05, 4.69) is 15.3 Å². The van der Waals surface area contributed by atoms with Crippen LogP contribution in [0.15, 0.2) is 42.9 Å². The highest BCUT2D eigenvalue weighted by Crippen LogP contribution is 2.19. The molecule has 2 rings (SSSR count). The van der Waals surface area contributed by atoms with E-state index < -0.39 is 5.92 Å². The second-order valence-electron chi connectivity index (χ2n) is 3.82. The van der Waals surface area contributed by atoms with Crippen LogP contribution in [0, 0.1) is 5.82 Å². The standard InChI is InChI=1S/C13H12FN3O/c1-9(10-4-2-3-5-11(10)14)13(18)17-12-8-15-6-7-16-12/h2-9H,1H3,(H,16,17,18)/t9-/m1/s1. The molecule has 0 saturated heterocycles. The summed E-state index contributed by atoms with van der Waals surface area (Å²) in [5.74, 6) is -0.946. The molecule has 0 spiro atoms. The van der Waals surface area contributed by atoms with Gasteiger partial charge in [0.05, 0.1) is 12.1 Å². The first-order valence-corrected chi connectivity index (χ1v) is 5.50. The molecule has 0 bridgehead atoms. The van der Waals surface area contributed by atoms with Crippen molar-refractivity contribution < 1.29 is 9.18 Å². The number of carbonyl (C=O) groups is 1. The minimum atomic E-state index is -0.590. The van der Waals surface area contributed by atoms with Crippen LogP contribution in [0.25, 0.3) is 0 Å². The van der Waals surface area contributed by atoms with Gasteiger partial charge >= 0.3 is 0 Å². The van der Waals surface area contributed by atoms with Crippen molar-refractivity contribution in [3.05, 3.63) is 54.2 Å². The van der Waals surface area contributed by atoms with Crippen LogP contribution in [0.3, 0.4) is 0 Å². The number of hydrogen-bond acceptors (Lipinski definition) is 3. The predicted octanol–water partition coefficient (Wildman–Crippen LogP) is 2.36. The van der Waals surface area contributed by atoms with E-state index in [4.69, 9.17) is 0 Å². The first kappa shape index (κ1) is 12.2. The number of carbonyl (C=O) groups excluding carboxylic acids is 1. The van der Waals surface area contributed by atoms with Gasteiger partial charge in [-0.1, -0.05) is 18.2 Å². The van der Waals surface area contributed by atoms with E-state index >= 15 is 0 Å². The van der Waals surface area contributed by atoms with Gasteiger partial charge in [0.2, 0.25) is 5.91 Å². The quantitative estimate of drug-likeness (QED) is 0.903. The summed E-state index contributed by atoms with van der Waals surface area (Å²) in [5.41, 5.74) is 0.360. The summed E-state index contributed by atoms with van der Waals surface area (Å²) in [7, 11) is 0. The molecule has 5 heteroatoms. The topological polar surface area (TPSA) is 54.9 Å². The van der Waals surface area contributed by atoms with E-state index in [1.165, 1.54) is 24.7 Å². The smallest absolute Gasteiger partial charge is 0.232 e. The Morgan fingerprint density at radius 3 is 2.78 bits per heavy atom. The number of rotatable bonds is 3. The molecule has 1 aromatic carbocycles. The van der Waals surface area contributed by atoms with Gasteiger partial charge in [-0.2, -0.15) is 0 Å². The van der Waals surface area contributed by atoms with Crippen LogP contribution < -0.4 is 5.32 Å². The largest absolute Gasteiger partial charge is 0.309 e. The molecule has 1 amide bonds. The van der Waals surface area contributed by atoms with Gasteiger partial charge in [0.25, 0.3) is 0 Å². The molecule has 2 aromatic rings. The fourth-order valence-corrected chi connectivity index (χ4v) is 1.57. The van der Waals surface area contributed by atoms with Crippen LogP contribution in [-0.2, 0) is 4.79 Å². The second kappa shape index (κ2) is 5.35. The van der Waals surface area contributed by atoms with Crippen molar-refractivity contribution in [2.24, 2.45) is 0 Å². The van der Waals surface area contributed by atoms with Gasteiger partial charge in [0.15, 0.2) is 5.82 Å². The molecule has 1 atom stereocenters. The summed E-state index contributed by atoms with van der Waals surface area (Å²) in [6.07, 6.45) is 4.42. The molecule has 1 heterocycles. The maximum absolute atomic E-state index is 13.5. The Kier molecular flexibility index (Phi) is 3.62. The lowest BCUT2D eigenvalue weighted by Gasteiger charge is -2.12. The summed E-state index contributed by atoms with van der Waals surface area (Å²) in [6.45, 7) is 1.64. The Bertz CT molecular complexity index is 545. The van der Waals surface area contributed by atoms with E-state index in [9.17, 15) is 9.18 Å². The Morgan fingerprint density at radius 2 is 2.11 bits per heavy atom. The third kappa shape index (κ3) is 2.68. The van der Waals surface area contributed by atoms with Gasteiger partial charge in [-0.3, -0.25) is 9.78 Å². The van der Waals surface area contributed by atoms with E-state index in [0.29, 0.717) is 11.4 Å². The Morgan fingerprint density at radius 1 is 1.33 bits per heavy atom. The normalized spacial score (nSPS) is 11.9. The van der Waals surface area contributed by atoms with Gasteiger partial charge in [-0.15, -0.1) is 0 Å². The first-order chi connectivity index (χ1) is 8.68. The number of aromatic nitrogens is 2. The summed E-state index contributed by atoms with van der Waals surface area (Å²) in [4.78, 5) is 19.7. The van der Waals surface area contributed by atoms with Gasteiger partial charge in [-0.05, 0) is 18.6 Å². The minimum absolute atomic E-state index is 0.319. The molecular formula is C13H12FN3O. The summed E-state index contributed by atoms with van der Waals surface area (Å²) in [6, 6.07) is 6.22. The van der Waals surface area contributed by atoms with Crippen molar-refractivity contribution in [2.75, 3.05) is 5.32 Å². The van der Waals surface area contributed by atoms with Gasteiger partial charge in [0, 0.05) is 12.4 Å². The number of benzene rings is 1. The number of nitrogens with one attached hydrogen (secondary N) is 1. The highest BCUT2D eigenvalue weighted by molar-refractivity contribution is 5.94. The molecule has 1 aromatic heterocycles. The Hall–Kier alpha value is -2.30. The Balaban J connectivity index is 2.13. The third-order valence-corrected chi connectivity index (χ3v) is 2.58. The third-order valence-electron chi connectivity index (χ3n) is 2.58. The van der Waals surface area contributed by atoms with Gasteiger partial charge in [-0.25, -0.2) is 9.37 Å². The summed E-state index contributed by atoms with van der Waals surface area (Å²) >= 11 is 0. The number of amides is 1. The molecule has 0 saturated carbocycles. The first-order valence-electron chi connectivity index (χ1n) is 5.50. The number of hydrogen-bond donors (Lipinski definition) is 1. The lowest BCUT2D eigenvalue weighted by atomic mass is 10.00. The highest BCUT2D eigenvalue weighted by atomic mass is 19.1. The van der Waals surface area contributed by atoms with Crippen LogP contribution in [0.1, 0.15) is 18.4 Å². The lowest BCUT2D eigenvalue weighted by molar-refractivity contribution is -0.117. The SMILES string of the molecule is C[C@@H](C(=O)Nc1cnccn1)c1ccccc1F. The molecule has 0 radical (unpaired) electrons. The fraction of sp³-hybridized carbons (Fsp3) is 0.154. The Labute approximate surface area is 104 Å². The van der Waals surface area contributed by atoms with Crippen molar-refractivity contribution in [2.45, 2.75) is 12.8 Å². The molecule has 0 aliphatic carbocycles. The highest BCUT2D eigenvalue weighted by Gasteiger charge is 2.18. The molecule has 0 unspecified atom stereocenters. The molecule has 92 valence electrons. The molecular weight excluding hydrogens is 233 g/mol. The number of anilines is 1. The lowest BCUT2D eigenvalue weighted by Crippen LogP contribution is -2.20. The zero-order valence-corrected chi connectivity index (χ0v) is 9.80. The van der Waals surface area contributed by atoms with Gasteiger partial charge < -0.3 is 5.32 Å². The monoisotopic (exact) mass is 245 g/mol. The van der Waals surface area contributed by atoms with Crippen molar-refractivity contribution in [1.82, 2.24) is 9.97 Å². The van der Waals surface area contributed by atoms with Crippen LogP contribution >= 0.6 is 0 Å². The van der Waals surface area contributed by atoms with E-state index in [0.717, 1.165) is 0 Å². The van der Waals surface area contributed by atoms with E-state index in [1.54, 1.807) is 25.1 Å². The average molecular weight is 245 g/mol. The predicted molar refractivity (Wildman–Crippen MR) is 65.5 cm³/mol. The van der Waals surface area contributed by atoms with Crippen LogP contribution in [0.5, 0.6) is 0 Å². The van der Waals surface area contributed by atoms with Crippen molar-refractivity contribution >= 4 is 11.7 Å². The minimum Gasteiger partial charge on any atom is -0.309 e. The van der Waals surface area contributed by atoms with E-state index in [1.807, 2.05) is 0 Å². The number of halogens is 1. The molecule has 0 aliphatic heterocycles. The average Bonchev–Trinajstić information content (AvgIpc) is 2.39. The fourth-order valence-electron chi connectivity index (χ4n) is 1.57. The zero-order chi connectivity index (χ0) is 13.0. The zero-order valence-electron chi connectivity index (χ0n) is 9.80. The summed E-state index contributed by atoms with van der Waals surface area (Å²) in [5, 5.41) is 2.59. The second-order valence-corrected chi connectivity index (χ2v) is 3.82. The number of nitrogens with zero attached hydrogens (tertiary/aromatic N) is 2. The maximum atomic E-state index is 13.5.